The normalized spacial score (nSPS) is 21.5. The molecule has 2 saturated carbocycles. The van der Waals surface area contributed by atoms with Gasteiger partial charge in [0.1, 0.15) is 6.07 Å². The predicted molar refractivity (Wildman–Crippen MR) is 237 cm³/mol. The molecule has 0 N–H and O–H groups in total. The quantitative estimate of drug-likeness (QED) is 0.175. The fourth-order valence-corrected chi connectivity index (χ4v) is 11.5. The van der Waals surface area contributed by atoms with Gasteiger partial charge in [-0.1, -0.05) is 135 Å². The zero-order valence-corrected chi connectivity index (χ0v) is 33.3. The lowest BCUT2D eigenvalue weighted by Gasteiger charge is -2.54. The molecule has 3 aliphatic rings. The van der Waals surface area contributed by atoms with Crippen molar-refractivity contribution in [3.8, 4) is 73.6 Å². The second-order valence-electron chi connectivity index (χ2n) is 17.2. The van der Waals surface area contributed by atoms with E-state index in [0.29, 0.717) is 35.2 Å². The van der Waals surface area contributed by atoms with Gasteiger partial charge in [-0.3, -0.25) is 4.98 Å². The largest absolute Gasteiger partial charge is 0.264 e. The van der Waals surface area contributed by atoms with E-state index >= 15 is 0 Å². The number of aromatic nitrogens is 4. The smallest absolute Gasteiger partial charge is 0.164 e. The number of pyridine rings is 1. The zero-order chi connectivity index (χ0) is 39.7. The molecule has 1 spiro atoms. The third kappa shape index (κ3) is 5.65. The van der Waals surface area contributed by atoms with E-state index in [-0.39, 0.29) is 5.41 Å². The molecule has 0 radical (unpaired) electrons. The van der Waals surface area contributed by atoms with Crippen LogP contribution in [-0.4, -0.2) is 19.9 Å². The van der Waals surface area contributed by atoms with Crippen LogP contribution in [0.3, 0.4) is 0 Å². The first kappa shape index (κ1) is 35.4. The highest BCUT2D eigenvalue weighted by atomic mass is 15.0. The molecule has 5 unspecified atom stereocenters. The fraction of sp³-hybridized carbons (Fsp3) is 0.204. The van der Waals surface area contributed by atoms with Crippen LogP contribution < -0.4 is 0 Å². The van der Waals surface area contributed by atoms with Crippen molar-refractivity contribution in [3.63, 3.8) is 0 Å². The minimum absolute atomic E-state index is 0.181. The molecule has 284 valence electrons. The molecule has 6 aromatic carbocycles. The molecule has 2 fully saturated rings. The van der Waals surface area contributed by atoms with Crippen LogP contribution in [0.5, 0.6) is 0 Å². The third-order valence-electron chi connectivity index (χ3n) is 13.8. The van der Waals surface area contributed by atoms with Crippen LogP contribution in [0.25, 0.3) is 78.3 Å². The van der Waals surface area contributed by atoms with Gasteiger partial charge in [0.2, 0.25) is 0 Å². The predicted octanol–water partition coefficient (Wildman–Crippen LogP) is 13.0. The minimum atomic E-state index is -0.181. The van der Waals surface area contributed by atoms with E-state index in [1.54, 1.807) is 0 Å². The van der Waals surface area contributed by atoms with E-state index in [2.05, 4.69) is 104 Å². The average molecular weight is 762 g/mol. The summed E-state index contributed by atoms with van der Waals surface area (Å²) in [5, 5.41) is 13.4. The van der Waals surface area contributed by atoms with Crippen LogP contribution in [0.4, 0.5) is 0 Å². The topological polar surface area (TPSA) is 75.3 Å². The number of hydrogen-bond donors (Lipinski definition) is 0. The molecule has 59 heavy (non-hydrogen) atoms. The highest BCUT2D eigenvalue weighted by molar-refractivity contribution is 6.00. The number of hydrogen-bond acceptors (Lipinski definition) is 5. The second kappa shape index (κ2) is 14.0. The molecular weight excluding hydrogens is 719 g/mol. The first-order valence-corrected chi connectivity index (χ1v) is 21.0. The highest BCUT2D eigenvalue weighted by Crippen LogP contribution is 2.65. The lowest BCUT2D eigenvalue weighted by Crippen LogP contribution is -2.49. The fourth-order valence-electron chi connectivity index (χ4n) is 11.5. The second-order valence-corrected chi connectivity index (χ2v) is 17.2. The monoisotopic (exact) mass is 761 g/mol. The number of nitriles is 1. The van der Waals surface area contributed by atoms with Crippen molar-refractivity contribution < 1.29 is 0 Å². The summed E-state index contributed by atoms with van der Waals surface area (Å²) >= 11 is 0. The number of fused-ring (bicyclic) bond motifs is 9. The van der Waals surface area contributed by atoms with Crippen molar-refractivity contribution in [1.29, 1.82) is 5.26 Å². The van der Waals surface area contributed by atoms with Gasteiger partial charge in [0.05, 0.1) is 5.56 Å². The van der Waals surface area contributed by atoms with Crippen molar-refractivity contribution in [1.82, 2.24) is 19.9 Å². The summed E-state index contributed by atoms with van der Waals surface area (Å²) in [7, 11) is 0. The van der Waals surface area contributed by atoms with Crippen LogP contribution in [0.1, 0.15) is 56.2 Å². The average Bonchev–Trinajstić information content (AvgIpc) is 3.59. The van der Waals surface area contributed by atoms with E-state index in [1.165, 1.54) is 42.4 Å². The molecule has 11 rings (SSSR count). The van der Waals surface area contributed by atoms with Crippen LogP contribution in [-0.2, 0) is 5.41 Å². The van der Waals surface area contributed by atoms with Crippen LogP contribution in [0, 0.1) is 35.0 Å². The van der Waals surface area contributed by atoms with Crippen LogP contribution in [0.15, 0.2) is 152 Å². The van der Waals surface area contributed by atoms with Gasteiger partial charge in [-0.05, 0) is 106 Å². The third-order valence-corrected chi connectivity index (χ3v) is 13.8. The molecule has 8 aromatic rings. The Balaban J connectivity index is 1.09. The van der Waals surface area contributed by atoms with Crippen molar-refractivity contribution in [3.05, 3.63) is 169 Å². The SMILES string of the molecule is CC1CC2CC(C)C3(c4cc(-c5cccc(-c6nc(-c7ccccc7)nc(-c7ccccc7)n6)c5)ccc4-c4c3ccc(-c3cccc5cnccc35)c4C#N)C(C1)C2. The Bertz CT molecular complexity index is 2900. The highest BCUT2D eigenvalue weighted by Gasteiger charge is 2.57. The summed E-state index contributed by atoms with van der Waals surface area (Å²) in [6.07, 6.45) is 8.71. The summed E-state index contributed by atoms with van der Waals surface area (Å²) < 4.78 is 0. The van der Waals surface area contributed by atoms with Gasteiger partial charge in [-0.25, -0.2) is 15.0 Å². The summed E-state index contributed by atoms with van der Waals surface area (Å²) in [5.41, 5.74) is 12.8. The van der Waals surface area contributed by atoms with E-state index in [9.17, 15) is 5.26 Å². The van der Waals surface area contributed by atoms with Gasteiger partial charge in [0.25, 0.3) is 0 Å². The van der Waals surface area contributed by atoms with Gasteiger partial charge < -0.3 is 0 Å². The molecule has 0 saturated heterocycles. The van der Waals surface area contributed by atoms with Crippen molar-refractivity contribution in [2.75, 3.05) is 0 Å². The molecule has 0 amide bonds. The van der Waals surface area contributed by atoms with Gasteiger partial charge in [-0.2, -0.15) is 5.26 Å². The maximum atomic E-state index is 11.2. The Labute approximate surface area is 345 Å². The zero-order valence-electron chi connectivity index (χ0n) is 33.3. The maximum Gasteiger partial charge on any atom is 0.164 e. The molecule has 2 aromatic heterocycles. The standard InChI is InChI=1S/C54H43N5/c1-33-25-35-27-34(2)54(42(26-33)28-35)48-22-21-45(44-18-10-17-41-32-56-24-23-43(41)44)47(31-55)50(48)46-20-19-39(30-49(46)54)38-15-9-16-40(29-38)53-58-51(36-11-5-3-6-12-36)57-52(59-53)37-13-7-4-8-14-37/h3-24,29-30,32-35,42H,25-28H2,1-2H3. The van der Waals surface area contributed by atoms with E-state index < -0.39 is 0 Å². The van der Waals surface area contributed by atoms with E-state index in [0.717, 1.165) is 66.8 Å². The molecule has 5 heteroatoms. The van der Waals surface area contributed by atoms with Gasteiger partial charge >= 0.3 is 0 Å². The molecule has 0 aliphatic heterocycles. The van der Waals surface area contributed by atoms with Crippen molar-refractivity contribution >= 4 is 10.8 Å². The molecule has 5 nitrogen and oxygen atoms in total. The molecule has 3 aliphatic carbocycles. The number of nitrogens with zero attached hydrogens (tertiary/aromatic N) is 5. The van der Waals surface area contributed by atoms with Crippen LogP contribution >= 0.6 is 0 Å². The first-order valence-electron chi connectivity index (χ1n) is 21.0. The lowest BCUT2D eigenvalue weighted by atomic mass is 9.49. The van der Waals surface area contributed by atoms with Gasteiger partial charge in [-0.15, -0.1) is 0 Å². The Morgan fingerprint density at radius 2 is 1.22 bits per heavy atom. The van der Waals surface area contributed by atoms with Crippen LogP contribution in [0.2, 0.25) is 0 Å². The summed E-state index contributed by atoms with van der Waals surface area (Å²) in [6.45, 7) is 4.95. The molecular formula is C54H43N5. The van der Waals surface area contributed by atoms with Gasteiger partial charge in [0.15, 0.2) is 17.5 Å². The summed E-state index contributed by atoms with van der Waals surface area (Å²) in [6, 6.07) is 51.8. The van der Waals surface area contributed by atoms with Crippen molar-refractivity contribution in [2.24, 2.45) is 23.7 Å². The van der Waals surface area contributed by atoms with E-state index in [1.807, 2.05) is 73.1 Å². The van der Waals surface area contributed by atoms with Crippen molar-refractivity contribution in [2.45, 2.75) is 44.9 Å². The number of rotatable bonds is 5. The Kier molecular flexibility index (Phi) is 8.37. The summed E-state index contributed by atoms with van der Waals surface area (Å²) in [4.78, 5) is 19.4. The summed E-state index contributed by atoms with van der Waals surface area (Å²) in [5.74, 6) is 4.30. The Morgan fingerprint density at radius 3 is 1.97 bits per heavy atom. The molecule has 5 atom stereocenters. The first-order chi connectivity index (χ1) is 29.0. The number of benzene rings is 6. The van der Waals surface area contributed by atoms with E-state index in [4.69, 9.17) is 15.0 Å². The molecule has 2 bridgehead atoms. The maximum absolute atomic E-state index is 11.2. The Hall–Kier alpha value is -6.77. The van der Waals surface area contributed by atoms with Gasteiger partial charge in [0, 0.05) is 51.0 Å². The Morgan fingerprint density at radius 1 is 0.559 bits per heavy atom. The molecule has 2 heterocycles. The minimum Gasteiger partial charge on any atom is -0.264 e. The lowest BCUT2D eigenvalue weighted by molar-refractivity contribution is 0.0426.